The molecule has 0 radical (unpaired) electrons. The van der Waals surface area contributed by atoms with Crippen LogP contribution >= 0.6 is 0 Å². The van der Waals surface area contributed by atoms with Crippen molar-refractivity contribution in [3.63, 3.8) is 0 Å². The summed E-state index contributed by atoms with van der Waals surface area (Å²) in [6.07, 6.45) is 0.895. The van der Waals surface area contributed by atoms with Crippen molar-refractivity contribution < 1.29 is 9.13 Å². The summed E-state index contributed by atoms with van der Waals surface area (Å²) in [6, 6.07) is 14.7. The van der Waals surface area contributed by atoms with Crippen molar-refractivity contribution in [2.45, 2.75) is 19.6 Å². The fraction of sp³-hybridized carbons (Fsp3) is 0.211. The second kappa shape index (κ2) is 6.45. The number of aromatic nitrogens is 2. The minimum Gasteiger partial charge on any atom is -0.486 e. The molecular weight excluding hydrogens is 305 g/mol. The fourth-order valence-electron chi connectivity index (χ4n) is 2.86. The Balaban J connectivity index is 1.52. The van der Waals surface area contributed by atoms with E-state index >= 15 is 0 Å². The first-order valence-electron chi connectivity index (χ1n) is 8.05. The average molecular weight is 323 g/mol. The van der Waals surface area contributed by atoms with Crippen LogP contribution in [0.1, 0.15) is 17.0 Å². The van der Waals surface area contributed by atoms with Gasteiger partial charge in [-0.05, 0) is 23.8 Å². The third-order valence-electron chi connectivity index (χ3n) is 4.15. The molecule has 0 fully saturated rings. The third kappa shape index (κ3) is 3.03. The van der Waals surface area contributed by atoms with Crippen LogP contribution in [-0.4, -0.2) is 16.5 Å². The number of nitrogens with one attached hydrogen (secondary N) is 2. The Labute approximate surface area is 139 Å². The maximum Gasteiger partial charge on any atom is 0.165 e. The Morgan fingerprint density at radius 2 is 2.00 bits per heavy atom. The highest BCUT2D eigenvalue weighted by molar-refractivity contribution is 5.58. The van der Waals surface area contributed by atoms with Crippen LogP contribution < -0.4 is 10.1 Å². The smallest absolute Gasteiger partial charge is 0.165 e. The molecule has 0 saturated heterocycles. The zero-order valence-corrected chi connectivity index (χ0v) is 13.2. The highest BCUT2D eigenvalue weighted by Crippen LogP contribution is 2.26. The lowest BCUT2D eigenvalue weighted by molar-refractivity contribution is 0.290. The van der Waals surface area contributed by atoms with Crippen LogP contribution in [0.2, 0.25) is 0 Å². The summed E-state index contributed by atoms with van der Waals surface area (Å²) in [7, 11) is 0. The van der Waals surface area contributed by atoms with E-state index in [1.165, 1.54) is 6.07 Å². The standard InChI is InChI=1S/C19H18FN3O/c20-15-10-14(19-22-16-8-9-21-11-17(16)23-19)6-7-18(15)24-12-13-4-2-1-3-5-13/h1-7,10,21H,8-9,11-12H2,(H,22,23). The van der Waals surface area contributed by atoms with Gasteiger partial charge in [-0.25, -0.2) is 9.37 Å². The van der Waals surface area contributed by atoms with Crippen LogP contribution in [0.25, 0.3) is 11.4 Å². The minimum atomic E-state index is -0.379. The number of hydrogen-bond acceptors (Lipinski definition) is 3. The van der Waals surface area contributed by atoms with Crippen molar-refractivity contribution in [1.29, 1.82) is 0 Å². The van der Waals surface area contributed by atoms with Gasteiger partial charge in [-0.1, -0.05) is 30.3 Å². The molecule has 5 heteroatoms. The Kier molecular flexibility index (Phi) is 4.01. The summed E-state index contributed by atoms with van der Waals surface area (Å²) < 4.78 is 19.9. The molecule has 0 unspecified atom stereocenters. The van der Waals surface area contributed by atoms with Gasteiger partial charge in [0.15, 0.2) is 11.6 Å². The van der Waals surface area contributed by atoms with Crippen molar-refractivity contribution in [2.24, 2.45) is 0 Å². The Bertz CT molecular complexity index is 822. The van der Waals surface area contributed by atoms with Gasteiger partial charge in [0.05, 0.1) is 11.4 Å². The molecular formula is C19H18FN3O. The van der Waals surface area contributed by atoms with Crippen LogP contribution in [-0.2, 0) is 19.6 Å². The van der Waals surface area contributed by atoms with E-state index in [2.05, 4.69) is 15.3 Å². The zero-order chi connectivity index (χ0) is 16.4. The van der Waals surface area contributed by atoms with Gasteiger partial charge >= 0.3 is 0 Å². The molecule has 1 aliphatic rings. The molecule has 1 aromatic heterocycles. The molecule has 0 saturated carbocycles. The Hall–Kier alpha value is -2.66. The maximum absolute atomic E-state index is 14.3. The number of rotatable bonds is 4. The Morgan fingerprint density at radius 1 is 1.12 bits per heavy atom. The zero-order valence-electron chi connectivity index (χ0n) is 13.2. The first-order chi connectivity index (χ1) is 11.8. The highest BCUT2D eigenvalue weighted by Gasteiger charge is 2.16. The van der Waals surface area contributed by atoms with Crippen LogP contribution in [0.3, 0.4) is 0 Å². The quantitative estimate of drug-likeness (QED) is 0.773. The first-order valence-corrected chi connectivity index (χ1v) is 8.05. The van der Waals surface area contributed by atoms with Crippen LogP contribution in [0, 0.1) is 5.82 Å². The van der Waals surface area contributed by atoms with E-state index in [1.807, 2.05) is 36.4 Å². The van der Waals surface area contributed by atoms with E-state index in [-0.39, 0.29) is 11.6 Å². The first kappa shape index (κ1) is 14.9. The largest absolute Gasteiger partial charge is 0.486 e. The van der Waals surface area contributed by atoms with Gasteiger partial charge in [-0.15, -0.1) is 0 Å². The third-order valence-corrected chi connectivity index (χ3v) is 4.15. The summed E-state index contributed by atoms with van der Waals surface area (Å²) >= 11 is 0. The molecule has 0 bridgehead atoms. The number of imidazole rings is 1. The van der Waals surface area contributed by atoms with Crippen molar-refractivity contribution in [2.75, 3.05) is 6.54 Å². The van der Waals surface area contributed by atoms with Gasteiger partial charge in [0.2, 0.25) is 0 Å². The van der Waals surface area contributed by atoms with E-state index in [4.69, 9.17) is 4.74 Å². The molecule has 1 aliphatic heterocycles. The van der Waals surface area contributed by atoms with E-state index in [0.29, 0.717) is 12.4 Å². The summed E-state index contributed by atoms with van der Waals surface area (Å²) in [5.74, 6) is 0.578. The van der Waals surface area contributed by atoms with Crippen molar-refractivity contribution in [3.8, 4) is 17.1 Å². The minimum absolute atomic E-state index is 0.251. The lowest BCUT2D eigenvalue weighted by atomic mass is 10.2. The van der Waals surface area contributed by atoms with Gasteiger partial charge in [0.25, 0.3) is 0 Å². The van der Waals surface area contributed by atoms with Crippen molar-refractivity contribution in [1.82, 2.24) is 15.3 Å². The van der Waals surface area contributed by atoms with E-state index in [0.717, 1.165) is 42.0 Å². The van der Waals surface area contributed by atoms with E-state index < -0.39 is 0 Å². The Morgan fingerprint density at radius 3 is 2.79 bits per heavy atom. The van der Waals surface area contributed by atoms with Gasteiger partial charge < -0.3 is 15.0 Å². The molecule has 24 heavy (non-hydrogen) atoms. The number of halogens is 1. The van der Waals surface area contributed by atoms with E-state index in [1.54, 1.807) is 6.07 Å². The van der Waals surface area contributed by atoms with Gasteiger partial charge in [-0.2, -0.15) is 0 Å². The lowest BCUT2D eigenvalue weighted by Crippen LogP contribution is -2.23. The van der Waals surface area contributed by atoms with Crippen LogP contribution in [0.4, 0.5) is 4.39 Å². The number of ether oxygens (including phenoxy) is 1. The fourth-order valence-corrected chi connectivity index (χ4v) is 2.86. The molecule has 122 valence electrons. The highest BCUT2D eigenvalue weighted by atomic mass is 19.1. The summed E-state index contributed by atoms with van der Waals surface area (Å²) in [5, 5.41) is 3.29. The molecule has 0 aliphatic carbocycles. The topological polar surface area (TPSA) is 49.9 Å². The van der Waals surface area contributed by atoms with Gasteiger partial charge in [0, 0.05) is 25.1 Å². The van der Waals surface area contributed by atoms with Crippen molar-refractivity contribution >= 4 is 0 Å². The molecule has 0 atom stereocenters. The van der Waals surface area contributed by atoms with Crippen LogP contribution in [0.15, 0.2) is 48.5 Å². The number of benzene rings is 2. The van der Waals surface area contributed by atoms with Gasteiger partial charge in [0.1, 0.15) is 12.4 Å². The number of hydrogen-bond donors (Lipinski definition) is 2. The van der Waals surface area contributed by atoms with Crippen molar-refractivity contribution in [3.05, 3.63) is 71.3 Å². The molecule has 0 spiro atoms. The molecule has 2 aromatic carbocycles. The van der Waals surface area contributed by atoms with Crippen LogP contribution in [0.5, 0.6) is 5.75 Å². The number of nitrogens with zero attached hydrogens (tertiary/aromatic N) is 1. The summed E-state index contributed by atoms with van der Waals surface area (Å²) in [5.41, 5.74) is 3.88. The summed E-state index contributed by atoms with van der Waals surface area (Å²) in [6.45, 7) is 2.05. The predicted molar refractivity (Wildman–Crippen MR) is 90.2 cm³/mol. The molecule has 4 rings (SSSR count). The van der Waals surface area contributed by atoms with Gasteiger partial charge in [-0.3, -0.25) is 0 Å². The lowest BCUT2D eigenvalue weighted by Gasteiger charge is -2.09. The predicted octanol–water partition coefficient (Wildman–Crippen LogP) is 3.44. The molecule has 0 amide bonds. The normalized spacial score (nSPS) is 13.5. The molecule has 2 N–H and O–H groups in total. The molecule has 2 heterocycles. The second-order valence-corrected chi connectivity index (χ2v) is 5.86. The molecule has 3 aromatic rings. The number of H-pyrrole nitrogens is 1. The van der Waals surface area contributed by atoms with E-state index in [9.17, 15) is 4.39 Å². The molecule has 4 nitrogen and oxygen atoms in total. The monoisotopic (exact) mass is 323 g/mol. The SMILES string of the molecule is Fc1cc(-c2nc3c([nH]2)CNCC3)ccc1OCc1ccccc1. The second-order valence-electron chi connectivity index (χ2n) is 5.86. The number of fused-ring (bicyclic) bond motifs is 1. The number of aromatic amines is 1. The summed E-state index contributed by atoms with van der Waals surface area (Å²) in [4.78, 5) is 7.86. The average Bonchev–Trinajstić information content (AvgIpc) is 3.06. The maximum atomic E-state index is 14.3.